The highest BCUT2D eigenvalue weighted by Gasteiger charge is 2.20. The van der Waals surface area contributed by atoms with Crippen molar-refractivity contribution in [2.24, 2.45) is 0 Å². The second-order valence-corrected chi connectivity index (χ2v) is 16.7. The molecule has 4 aromatic heterocycles. The van der Waals surface area contributed by atoms with Gasteiger partial charge in [-0.3, -0.25) is 0 Å². The van der Waals surface area contributed by atoms with Crippen LogP contribution in [-0.4, -0.2) is 29.9 Å². The Labute approximate surface area is 390 Å². The first kappa shape index (κ1) is 39.0. The summed E-state index contributed by atoms with van der Waals surface area (Å²) < 4.78 is 12.8. The molecular weight excluding hydrogens is 837 g/mol. The highest BCUT2D eigenvalue weighted by molar-refractivity contribution is 6.13. The van der Waals surface area contributed by atoms with Gasteiger partial charge in [0.25, 0.3) is 0 Å². The lowest BCUT2D eigenvalue weighted by Gasteiger charge is -2.10. The van der Waals surface area contributed by atoms with Crippen LogP contribution in [0.15, 0.2) is 227 Å². The number of aromatic nitrogens is 6. The van der Waals surface area contributed by atoms with Crippen molar-refractivity contribution < 1.29 is 8.83 Å². The van der Waals surface area contributed by atoms with Gasteiger partial charge in [0.1, 0.15) is 22.3 Å². The molecule has 0 saturated carbocycles. The molecule has 0 spiro atoms. The van der Waals surface area contributed by atoms with Crippen LogP contribution in [0.4, 0.5) is 0 Å². The number of para-hydroxylation sites is 1. The zero-order valence-electron chi connectivity index (χ0n) is 36.3. The molecule has 0 saturated heterocycles. The molecule has 8 nitrogen and oxygen atoms in total. The minimum Gasteiger partial charge on any atom is -0.456 e. The molecule has 4 heterocycles. The van der Waals surface area contributed by atoms with Crippen LogP contribution >= 0.6 is 0 Å². The molecule has 318 valence electrons. The summed E-state index contributed by atoms with van der Waals surface area (Å²) >= 11 is 0. The van der Waals surface area contributed by atoms with E-state index in [9.17, 15) is 0 Å². The van der Waals surface area contributed by atoms with Gasteiger partial charge in [-0.15, -0.1) is 0 Å². The molecule has 8 heteroatoms. The Hall–Kier alpha value is -9.40. The van der Waals surface area contributed by atoms with E-state index in [1.54, 1.807) is 0 Å². The Morgan fingerprint density at radius 2 is 0.632 bits per heavy atom. The number of benzene rings is 9. The predicted octanol–water partition coefficient (Wildman–Crippen LogP) is 15.2. The van der Waals surface area contributed by atoms with Crippen molar-refractivity contribution >= 4 is 43.9 Å². The first-order chi connectivity index (χ1) is 33.6. The van der Waals surface area contributed by atoms with E-state index >= 15 is 0 Å². The van der Waals surface area contributed by atoms with Gasteiger partial charge in [0.15, 0.2) is 34.9 Å². The largest absolute Gasteiger partial charge is 0.456 e. The molecule has 0 radical (unpaired) electrons. The van der Waals surface area contributed by atoms with Crippen LogP contribution in [0.3, 0.4) is 0 Å². The predicted molar refractivity (Wildman–Crippen MR) is 271 cm³/mol. The zero-order valence-corrected chi connectivity index (χ0v) is 36.3. The second kappa shape index (κ2) is 16.2. The fourth-order valence-electron chi connectivity index (χ4n) is 9.03. The van der Waals surface area contributed by atoms with Crippen LogP contribution in [0.25, 0.3) is 134 Å². The summed E-state index contributed by atoms with van der Waals surface area (Å²) in [6.07, 6.45) is 0. The number of fused-ring (bicyclic) bond motifs is 6. The summed E-state index contributed by atoms with van der Waals surface area (Å²) in [5.74, 6) is 3.44. The molecule has 0 aliphatic carbocycles. The maximum Gasteiger partial charge on any atom is 0.164 e. The number of rotatable bonds is 8. The molecule has 13 aromatic rings. The van der Waals surface area contributed by atoms with Crippen LogP contribution in [0.2, 0.25) is 0 Å². The zero-order chi connectivity index (χ0) is 45.0. The van der Waals surface area contributed by atoms with Crippen LogP contribution in [-0.2, 0) is 0 Å². The number of hydrogen-bond acceptors (Lipinski definition) is 8. The molecular formula is C60H36N6O2. The molecule has 0 aliphatic rings. The van der Waals surface area contributed by atoms with Gasteiger partial charge in [0.2, 0.25) is 0 Å². The molecule has 0 atom stereocenters. The monoisotopic (exact) mass is 872 g/mol. The van der Waals surface area contributed by atoms with E-state index in [1.165, 1.54) is 0 Å². The molecule has 0 fully saturated rings. The molecule has 9 aromatic carbocycles. The fraction of sp³-hybridized carbons (Fsp3) is 0. The molecule has 0 N–H and O–H groups in total. The Morgan fingerprint density at radius 1 is 0.221 bits per heavy atom. The third kappa shape index (κ3) is 7.04. The van der Waals surface area contributed by atoms with Crippen molar-refractivity contribution in [1.82, 2.24) is 29.9 Å². The van der Waals surface area contributed by atoms with E-state index in [-0.39, 0.29) is 0 Å². The SMILES string of the molecule is c1ccc(-c2ccc(-c3nc(-c4ccccc4)nc(-c4cccc5oc6ccc(-c7cccc(-c8nc(-c9ccccc9)nc(-c9ccc%10c(c9)oc9ccccc9%10)n8)c7)cc6c45)n3)cc2)cc1. The summed E-state index contributed by atoms with van der Waals surface area (Å²) in [5.41, 5.74) is 12.6. The molecule has 0 aliphatic heterocycles. The Kier molecular flexibility index (Phi) is 9.31. The summed E-state index contributed by atoms with van der Waals surface area (Å²) in [7, 11) is 0. The van der Waals surface area contributed by atoms with Crippen molar-refractivity contribution in [1.29, 1.82) is 0 Å². The second-order valence-electron chi connectivity index (χ2n) is 16.7. The Balaban J connectivity index is 0.913. The molecule has 0 unspecified atom stereocenters. The third-order valence-electron chi connectivity index (χ3n) is 12.4. The van der Waals surface area contributed by atoms with Crippen molar-refractivity contribution in [3.05, 3.63) is 218 Å². The summed E-state index contributed by atoms with van der Waals surface area (Å²) in [6.45, 7) is 0. The molecule has 13 rings (SSSR count). The van der Waals surface area contributed by atoms with E-state index in [2.05, 4.69) is 84.9 Å². The van der Waals surface area contributed by atoms with E-state index in [0.29, 0.717) is 34.9 Å². The normalized spacial score (nSPS) is 11.5. The van der Waals surface area contributed by atoms with Gasteiger partial charge < -0.3 is 8.83 Å². The lowest BCUT2D eigenvalue weighted by molar-refractivity contribution is 0.668. The van der Waals surface area contributed by atoms with Crippen molar-refractivity contribution in [3.8, 4) is 90.6 Å². The lowest BCUT2D eigenvalue weighted by Crippen LogP contribution is -2.00. The minimum absolute atomic E-state index is 0.557. The van der Waals surface area contributed by atoms with Crippen LogP contribution in [0, 0.1) is 0 Å². The first-order valence-corrected chi connectivity index (χ1v) is 22.4. The molecule has 0 bridgehead atoms. The lowest BCUT2D eigenvalue weighted by atomic mass is 9.99. The van der Waals surface area contributed by atoms with Crippen molar-refractivity contribution in [3.63, 3.8) is 0 Å². The van der Waals surface area contributed by atoms with E-state index in [1.807, 2.05) is 133 Å². The van der Waals surface area contributed by atoms with Gasteiger partial charge >= 0.3 is 0 Å². The summed E-state index contributed by atoms with van der Waals surface area (Å²) in [5, 5.41) is 3.99. The quantitative estimate of drug-likeness (QED) is 0.149. The van der Waals surface area contributed by atoms with Crippen LogP contribution in [0.1, 0.15) is 0 Å². The average Bonchev–Trinajstić information content (AvgIpc) is 3.99. The average molecular weight is 873 g/mol. The number of hydrogen-bond donors (Lipinski definition) is 0. The summed E-state index contributed by atoms with van der Waals surface area (Å²) in [6, 6.07) is 73.7. The standard InChI is InChI=1S/C60H36N6O2/c1-4-14-37(15-5-1)38-26-28-41(29-27-38)57-61-56(40-18-8-3-9-19-40)65-60(66-57)48-23-13-25-52-54(48)49-35-43(31-33-51(49)67-52)42-20-12-21-44(34-42)58-62-55(39-16-6-2-7-17-39)63-59(64-58)45-30-32-47-46-22-10-11-24-50(46)68-53(47)36-45/h1-36H. The van der Waals surface area contributed by atoms with E-state index in [4.69, 9.17) is 38.7 Å². The van der Waals surface area contributed by atoms with Gasteiger partial charge in [0, 0.05) is 54.9 Å². The van der Waals surface area contributed by atoms with Gasteiger partial charge in [-0.1, -0.05) is 176 Å². The molecule has 68 heavy (non-hydrogen) atoms. The van der Waals surface area contributed by atoms with Gasteiger partial charge in [-0.25, -0.2) is 29.9 Å². The van der Waals surface area contributed by atoms with Crippen LogP contribution in [0.5, 0.6) is 0 Å². The maximum atomic E-state index is 6.53. The fourth-order valence-corrected chi connectivity index (χ4v) is 9.03. The van der Waals surface area contributed by atoms with Crippen molar-refractivity contribution in [2.45, 2.75) is 0 Å². The van der Waals surface area contributed by atoms with E-state index in [0.717, 1.165) is 99.5 Å². The van der Waals surface area contributed by atoms with Gasteiger partial charge in [-0.2, -0.15) is 0 Å². The topological polar surface area (TPSA) is 104 Å². The third-order valence-corrected chi connectivity index (χ3v) is 12.4. The highest BCUT2D eigenvalue weighted by Crippen LogP contribution is 2.40. The number of nitrogens with zero attached hydrogens (tertiary/aromatic N) is 6. The smallest absolute Gasteiger partial charge is 0.164 e. The van der Waals surface area contributed by atoms with Gasteiger partial charge in [-0.05, 0) is 64.7 Å². The van der Waals surface area contributed by atoms with E-state index < -0.39 is 0 Å². The molecule has 0 amide bonds. The van der Waals surface area contributed by atoms with Crippen LogP contribution < -0.4 is 0 Å². The number of furan rings is 2. The summed E-state index contributed by atoms with van der Waals surface area (Å²) in [4.78, 5) is 30.5. The first-order valence-electron chi connectivity index (χ1n) is 22.4. The Morgan fingerprint density at radius 3 is 1.32 bits per heavy atom. The van der Waals surface area contributed by atoms with Gasteiger partial charge in [0.05, 0.1) is 0 Å². The Bertz CT molecular complexity index is 4020. The van der Waals surface area contributed by atoms with Crippen molar-refractivity contribution in [2.75, 3.05) is 0 Å². The maximum absolute atomic E-state index is 6.53. The minimum atomic E-state index is 0.557. The highest BCUT2D eigenvalue weighted by atomic mass is 16.3.